The summed E-state index contributed by atoms with van der Waals surface area (Å²) in [5, 5.41) is 4.11. The standard InChI is InChI=1S/C18H14F6N2O2/c19-17(20,21)11-5-1-3-7-13(11)25-15(27)9-10-16(28)26-14-8-4-2-6-12(14)18(22,23)24/h1-8H,9-10H2,(H,25,27)(H,26,28). The predicted octanol–water partition coefficient (Wildman–Crippen LogP) is 5.08. The number of halogens is 6. The van der Waals surface area contributed by atoms with Gasteiger partial charge in [-0.1, -0.05) is 24.3 Å². The van der Waals surface area contributed by atoms with Gasteiger partial charge in [-0.05, 0) is 24.3 Å². The number of hydrogen-bond donors (Lipinski definition) is 2. The van der Waals surface area contributed by atoms with Gasteiger partial charge in [-0.25, -0.2) is 0 Å². The largest absolute Gasteiger partial charge is 0.418 e. The molecule has 0 aliphatic heterocycles. The van der Waals surface area contributed by atoms with Gasteiger partial charge in [-0.15, -0.1) is 0 Å². The van der Waals surface area contributed by atoms with Gasteiger partial charge in [0.05, 0.1) is 22.5 Å². The van der Waals surface area contributed by atoms with Crippen LogP contribution in [0.1, 0.15) is 24.0 Å². The summed E-state index contributed by atoms with van der Waals surface area (Å²) in [5.41, 5.74) is -3.04. The zero-order valence-corrected chi connectivity index (χ0v) is 14.1. The maximum atomic E-state index is 12.9. The van der Waals surface area contributed by atoms with Crippen molar-refractivity contribution in [3.63, 3.8) is 0 Å². The second-order valence-corrected chi connectivity index (χ2v) is 5.68. The van der Waals surface area contributed by atoms with Crippen LogP contribution in [0.5, 0.6) is 0 Å². The van der Waals surface area contributed by atoms with Crippen molar-refractivity contribution in [2.24, 2.45) is 0 Å². The quantitative estimate of drug-likeness (QED) is 0.683. The van der Waals surface area contributed by atoms with E-state index in [-0.39, 0.29) is 0 Å². The van der Waals surface area contributed by atoms with E-state index < -0.39 is 59.5 Å². The number of rotatable bonds is 5. The Labute approximate surface area is 155 Å². The molecule has 150 valence electrons. The number of alkyl halides is 6. The third-order valence-corrected chi connectivity index (χ3v) is 3.59. The summed E-state index contributed by atoms with van der Waals surface area (Å²) in [6.07, 6.45) is -10.4. The van der Waals surface area contributed by atoms with Gasteiger partial charge in [0.25, 0.3) is 0 Å². The Morgan fingerprint density at radius 3 is 1.29 bits per heavy atom. The number of anilines is 2. The summed E-state index contributed by atoms with van der Waals surface area (Å²) in [7, 11) is 0. The second-order valence-electron chi connectivity index (χ2n) is 5.68. The first-order valence-corrected chi connectivity index (χ1v) is 7.90. The summed E-state index contributed by atoms with van der Waals surface area (Å²) >= 11 is 0. The van der Waals surface area contributed by atoms with E-state index in [1.54, 1.807) is 0 Å². The van der Waals surface area contributed by atoms with Crippen molar-refractivity contribution in [3.8, 4) is 0 Å². The molecule has 10 heteroatoms. The highest BCUT2D eigenvalue weighted by atomic mass is 19.4. The van der Waals surface area contributed by atoms with E-state index in [0.29, 0.717) is 0 Å². The number of benzene rings is 2. The molecule has 0 radical (unpaired) electrons. The van der Waals surface area contributed by atoms with Crippen LogP contribution >= 0.6 is 0 Å². The lowest BCUT2D eigenvalue weighted by atomic mass is 10.1. The average molecular weight is 404 g/mol. The van der Waals surface area contributed by atoms with Crippen LogP contribution in [0.25, 0.3) is 0 Å². The van der Waals surface area contributed by atoms with Gasteiger partial charge in [0.15, 0.2) is 0 Å². The van der Waals surface area contributed by atoms with E-state index >= 15 is 0 Å². The molecule has 0 heterocycles. The first-order chi connectivity index (χ1) is 13.0. The van der Waals surface area contributed by atoms with Gasteiger partial charge in [0.2, 0.25) is 11.8 Å². The third kappa shape index (κ3) is 5.73. The van der Waals surface area contributed by atoms with Crippen LogP contribution in [-0.4, -0.2) is 11.8 Å². The predicted molar refractivity (Wildman–Crippen MR) is 89.4 cm³/mol. The van der Waals surface area contributed by atoms with E-state index in [9.17, 15) is 35.9 Å². The first-order valence-electron chi connectivity index (χ1n) is 7.90. The maximum absolute atomic E-state index is 12.9. The van der Waals surface area contributed by atoms with Gasteiger partial charge in [0.1, 0.15) is 0 Å². The summed E-state index contributed by atoms with van der Waals surface area (Å²) < 4.78 is 77.3. The molecule has 28 heavy (non-hydrogen) atoms. The Bertz CT molecular complexity index is 790. The number of para-hydroxylation sites is 2. The monoisotopic (exact) mass is 404 g/mol. The Morgan fingerprint density at radius 2 is 0.964 bits per heavy atom. The number of carbonyl (C=O) groups is 2. The highest BCUT2D eigenvalue weighted by Gasteiger charge is 2.34. The van der Waals surface area contributed by atoms with Crippen molar-refractivity contribution in [2.45, 2.75) is 25.2 Å². The molecule has 0 unspecified atom stereocenters. The Hall–Kier alpha value is -3.04. The van der Waals surface area contributed by atoms with Crippen LogP contribution in [0, 0.1) is 0 Å². The second kappa shape index (κ2) is 8.32. The Kier molecular flexibility index (Phi) is 6.32. The van der Waals surface area contributed by atoms with Crippen molar-refractivity contribution in [2.75, 3.05) is 10.6 Å². The molecule has 4 nitrogen and oxygen atoms in total. The summed E-state index contributed by atoms with van der Waals surface area (Å²) in [4.78, 5) is 23.7. The van der Waals surface area contributed by atoms with Gasteiger partial charge >= 0.3 is 12.4 Å². The van der Waals surface area contributed by atoms with Crippen LogP contribution in [0.3, 0.4) is 0 Å². The smallest absolute Gasteiger partial charge is 0.325 e. The number of hydrogen-bond acceptors (Lipinski definition) is 2. The molecule has 0 aromatic heterocycles. The molecule has 2 amide bonds. The lowest BCUT2D eigenvalue weighted by molar-refractivity contribution is -0.138. The Balaban J connectivity index is 1.97. The van der Waals surface area contributed by atoms with E-state index in [1.807, 2.05) is 0 Å². The van der Waals surface area contributed by atoms with Gasteiger partial charge in [-0.2, -0.15) is 26.3 Å². The lowest BCUT2D eigenvalue weighted by Gasteiger charge is -2.14. The van der Waals surface area contributed by atoms with Crippen molar-refractivity contribution in [3.05, 3.63) is 59.7 Å². The molecule has 0 spiro atoms. The zero-order chi connectivity index (χ0) is 20.9. The fraction of sp³-hybridized carbons (Fsp3) is 0.222. The van der Waals surface area contributed by atoms with Crippen molar-refractivity contribution >= 4 is 23.2 Å². The van der Waals surface area contributed by atoms with Gasteiger partial charge in [-0.3, -0.25) is 9.59 Å². The Morgan fingerprint density at radius 1 is 0.643 bits per heavy atom. The van der Waals surface area contributed by atoms with Crippen molar-refractivity contribution in [1.29, 1.82) is 0 Å². The van der Waals surface area contributed by atoms with Crippen LogP contribution in [0.4, 0.5) is 37.7 Å². The molecule has 0 aliphatic carbocycles. The summed E-state index contributed by atoms with van der Waals surface area (Å²) in [5.74, 6) is -1.76. The zero-order valence-electron chi connectivity index (χ0n) is 14.1. The first kappa shape index (κ1) is 21.3. The normalized spacial score (nSPS) is 11.8. The van der Waals surface area contributed by atoms with E-state index in [0.717, 1.165) is 36.4 Å². The molecule has 0 aliphatic rings. The van der Waals surface area contributed by atoms with Crippen LogP contribution in [0.2, 0.25) is 0 Å². The number of carbonyl (C=O) groups excluding carboxylic acids is 2. The van der Waals surface area contributed by atoms with Gasteiger partial charge in [0, 0.05) is 12.8 Å². The molecule has 2 aromatic carbocycles. The van der Waals surface area contributed by atoms with Crippen LogP contribution in [-0.2, 0) is 21.9 Å². The summed E-state index contributed by atoms with van der Waals surface area (Å²) in [6, 6.07) is 8.60. The highest BCUT2D eigenvalue weighted by molar-refractivity contribution is 5.97. The molecule has 0 bridgehead atoms. The van der Waals surface area contributed by atoms with E-state index in [4.69, 9.17) is 0 Å². The minimum absolute atomic E-state index is 0.470. The minimum atomic E-state index is -4.68. The van der Waals surface area contributed by atoms with Crippen LogP contribution in [0.15, 0.2) is 48.5 Å². The van der Waals surface area contributed by atoms with E-state index in [2.05, 4.69) is 10.6 Å². The molecule has 2 aromatic rings. The topological polar surface area (TPSA) is 58.2 Å². The maximum Gasteiger partial charge on any atom is 0.418 e. The van der Waals surface area contributed by atoms with Crippen LogP contribution < -0.4 is 10.6 Å². The molecular formula is C18H14F6N2O2. The fourth-order valence-corrected chi connectivity index (χ4v) is 2.33. The molecule has 2 N–H and O–H groups in total. The lowest BCUT2D eigenvalue weighted by Crippen LogP contribution is -2.20. The average Bonchev–Trinajstić information content (AvgIpc) is 2.59. The minimum Gasteiger partial charge on any atom is -0.325 e. The van der Waals surface area contributed by atoms with E-state index in [1.165, 1.54) is 12.1 Å². The molecule has 0 fully saturated rings. The molecule has 2 rings (SSSR count). The number of amides is 2. The third-order valence-electron chi connectivity index (χ3n) is 3.59. The number of nitrogens with one attached hydrogen (secondary N) is 2. The van der Waals surface area contributed by atoms with Crippen molar-refractivity contribution < 1.29 is 35.9 Å². The van der Waals surface area contributed by atoms with Gasteiger partial charge < -0.3 is 10.6 Å². The van der Waals surface area contributed by atoms with Crippen molar-refractivity contribution in [1.82, 2.24) is 0 Å². The summed E-state index contributed by atoms with van der Waals surface area (Å²) in [6.45, 7) is 0. The SMILES string of the molecule is O=C(CCC(=O)Nc1ccccc1C(F)(F)F)Nc1ccccc1C(F)(F)F. The molecule has 0 saturated carbocycles. The molecule has 0 atom stereocenters. The molecule has 0 saturated heterocycles. The molecular weight excluding hydrogens is 390 g/mol. The highest BCUT2D eigenvalue weighted by Crippen LogP contribution is 2.35. The fourth-order valence-electron chi connectivity index (χ4n) is 2.33.